The average molecular weight is 326 g/mol. The summed E-state index contributed by atoms with van der Waals surface area (Å²) in [6.45, 7) is 1.93. The molecule has 3 aromatic rings. The molecule has 1 amide bonds. The van der Waals surface area contributed by atoms with Crippen LogP contribution < -0.4 is 5.32 Å². The summed E-state index contributed by atoms with van der Waals surface area (Å²) in [5.41, 5.74) is 3.14. The van der Waals surface area contributed by atoms with E-state index in [4.69, 9.17) is 11.6 Å². The normalized spacial score (nSPS) is 11.9. The molecule has 0 aliphatic rings. The summed E-state index contributed by atoms with van der Waals surface area (Å²) >= 11 is 5.88. The second kappa shape index (κ2) is 6.67. The zero-order valence-corrected chi connectivity index (χ0v) is 13.3. The first-order chi connectivity index (χ1) is 11.1. The van der Waals surface area contributed by atoms with Crippen LogP contribution >= 0.6 is 11.6 Å². The van der Waals surface area contributed by atoms with Gasteiger partial charge in [-0.3, -0.25) is 9.89 Å². The van der Waals surface area contributed by atoms with Gasteiger partial charge in [-0.25, -0.2) is 0 Å². The molecule has 0 aliphatic carbocycles. The number of hydrogen-bond acceptors (Lipinski definition) is 2. The second-order valence-electron chi connectivity index (χ2n) is 5.28. The van der Waals surface area contributed by atoms with E-state index in [-0.39, 0.29) is 11.9 Å². The van der Waals surface area contributed by atoms with Gasteiger partial charge in [-0.15, -0.1) is 0 Å². The Morgan fingerprint density at radius 2 is 1.83 bits per heavy atom. The smallest absolute Gasteiger partial charge is 0.269 e. The maximum Gasteiger partial charge on any atom is 0.269 e. The number of nitrogens with one attached hydrogen (secondary N) is 2. The van der Waals surface area contributed by atoms with E-state index in [9.17, 15) is 4.79 Å². The first-order valence-corrected chi connectivity index (χ1v) is 7.68. The van der Waals surface area contributed by atoms with E-state index in [2.05, 4.69) is 15.5 Å². The van der Waals surface area contributed by atoms with Crippen LogP contribution in [0.1, 0.15) is 29.0 Å². The fourth-order valence-electron chi connectivity index (χ4n) is 2.30. The Balaban J connectivity index is 1.71. The number of aromatic amines is 1. The highest BCUT2D eigenvalue weighted by molar-refractivity contribution is 6.30. The molecule has 1 atom stereocenters. The molecule has 23 heavy (non-hydrogen) atoms. The Labute approximate surface area is 139 Å². The summed E-state index contributed by atoms with van der Waals surface area (Å²) in [5.74, 6) is -0.192. The number of amides is 1. The average Bonchev–Trinajstić information content (AvgIpc) is 3.06. The Kier molecular flexibility index (Phi) is 4.44. The van der Waals surface area contributed by atoms with Crippen molar-refractivity contribution in [3.8, 4) is 11.3 Å². The Morgan fingerprint density at radius 3 is 2.52 bits per heavy atom. The molecule has 0 radical (unpaired) electrons. The van der Waals surface area contributed by atoms with Gasteiger partial charge in [0.2, 0.25) is 0 Å². The van der Waals surface area contributed by atoms with Crippen molar-refractivity contribution in [2.75, 3.05) is 0 Å². The predicted octanol–water partition coefficient (Wildman–Crippen LogP) is 4.22. The molecule has 1 aromatic heterocycles. The zero-order chi connectivity index (χ0) is 16.2. The molecule has 1 heterocycles. The minimum absolute atomic E-state index is 0.122. The van der Waals surface area contributed by atoms with E-state index in [1.165, 1.54) is 0 Å². The first-order valence-electron chi connectivity index (χ1n) is 7.30. The van der Waals surface area contributed by atoms with E-state index < -0.39 is 0 Å². The predicted molar refractivity (Wildman–Crippen MR) is 91.4 cm³/mol. The lowest BCUT2D eigenvalue weighted by Gasteiger charge is -2.13. The number of halogens is 1. The van der Waals surface area contributed by atoms with E-state index in [0.717, 1.165) is 16.8 Å². The molecule has 2 aromatic carbocycles. The number of hydrogen-bond donors (Lipinski definition) is 2. The maximum atomic E-state index is 12.3. The van der Waals surface area contributed by atoms with Gasteiger partial charge < -0.3 is 5.32 Å². The van der Waals surface area contributed by atoms with Crippen LogP contribution in [0.25, 0.3) is 11.3 Å². The van der Waals surface area contributed by atoms with Crippen LogP contribution in [0.15, 0.2) is 60.7 Å². The van der Waals surface area contributed by atoms with Crippen LogP contribution in [0.5, 0.6) is 0 Å². The summed E-state index contributed by atoms with van der Waals surface area (Å²) in [6, 6.07) is 18.8. The Morgan fingerprint density at radius 1 is 1.13 bits per heavy atom. The van der Waals surface area contributed by atoms with Gasteiger partial charge in [-0.2, -0.15) is 5.10 Å². The molecular weight excluding hydrogens is 310 g/mol. The molecule has 0 aliphatic heterocycles. The van der Waals surface area contributed by atoms with Gasteiger partial charge in [0.1, 0.15) is 5.69 Å². The van der Waals surface area contributed by atoms with Crippen molar-refractivity contribution in [1.82, 2.24) is 15.5 Å². The third-order valence-corrected chi connectivity index (χ3v) is 3.86. The van der Waals surface area contributed by atoms with Crippen molar-refractivity contribution >= 4 is 17.5 Å². The summed E-state index contributed by atoms with van der Waals surface area (Å²) < 4.78 is 0. The molecule has 0 fully saturated rings. The van der Waals surface area contributed by atoms with Crippen LogP contribution in [0.2, 0.25) is 5.02 Å². The highest BCUT2D eigenvalue weighted by Gasteiger charge is 2.14. The van der Waals surface area contributed by atoms with Gasteiger partial charge in [0, 0.05) is 10.6 Å². The lowest BCUT2D eigenvalue weighted by atomic mass is 10.1. The molecule has 3 rings (SSSR count). The molecule has 5 heteroatoms. The standard InChI is InChI=1S/C18H16ClN3O/c1-12(13-7-9-15(19)10-8-13)20-18(23)17-11-16(21-22-17)14-5-3-2-4-6-14/h2-12H,1H3,(H,20,23)(H,21,22)/t12-/m1/s1. The number of aromatic nitrogens is 2. The second-order valence-corrected chi connectivity index (χ2v) is 5.72. The topological polar surface area (TPSA) is 57.8 Å². The van der Waals surface area contributed by atoms with Gasteiger partial charge in [0.15, 0.2) is 0 Å². The number of rotatable bonds is 4. The fourth-order valence-corrected chi connectivity index (χ4v) is 2.43. The highest BCUT2D eigenvalue weighted by Crippen LogP contribution is 2.19. The number of nitrogens with zero attached hydrogens (tertiary/aromatic N) is 1. The monoisotopic (exact) mass is 325 g/mol. The van der Waals surface area contributed by atoms with Gasteiger partial charge in [0.05, 0.1) is 11.7 Å². The van der Waals surface area contributed by atoms with Crippen molar-refractivity contribution in [3.05, 3.63) is 76.9 Å². The number of carbonyl (C=O) groups excluding carboxylic acids is 1. The summed E-state index contributed by atoms with van der Waals surface area (Å²) in [5, 5.41) is 10.6. The van der Waals surface area contributed by atoms with Crippen LogP contribution in [-0.4, -0.2) is 16.1 Å². The first kappa shape index (κ1) is 15.3. The van der Waals surface area contributed by atoms with Crippen LogP contribution in [0.3, 0.4) is 0 Å². The lowest BCUT2D eigenvalue weighted by Crippen LogP contribution is -2.26. The summed E-state index contributed by atoms with van der Waals surface area (Å²) in [6.07, 6.45) is 0. The van der Waals surface area contributed by atoms with Crippen molar-refractivity contribution < 1.29 is 4.79 Å². The number of H-pyrrole nitrogens is 1. The third-order valence-electron chi connectivity index (χ3n) is 3.61. The van der Waals surface area contributed by atoms with Crippen molar-refractivity contribution in [1.29, 1.82) is 0 Å². The molecular formula is C18H16ClN3O. The highest BCUT2D eigenvalue weighted by atomic mass is 35.5. The molecule has 0 saturated carbocycles. The van der Waals surface area contributed by atoms with Gasteiger partial charge in [0.25, 0.3) is 5.91 Å². The van der Waals surface area contributed by atoms with Crippen molar-refractivity contribution in [3.63, 3.8) is 0 Å². The summed E-state index contributed by atoms with van der Waals surface area (Å²) in [7, 11) is 0. The van der Waals surface area contributed by atoms with Gasteiger partial charge in [-0.05, 0) is 30.7 Å². The molecule has 116 valence electrons. The molecule has 0 saturated heterocycles. The van der Waals surface area contributed by atoms with E-state index in [1.807, 2.05) is 61.5 Å². The van der Waals surface area contributed by atoms with Gasteiger partial charge in [-0.1, -0.05) is 54.1 Å². The van der Waals surface area contributed by atoms with Gasteiger partial charge >= 0.3 is 0 Å². The van der Waals surface area contributed by atoms with Crippen LogP contribution in [0.4, 0.5) is 0 Å². The van der Waals surface area contributed by atoms with E-state index in [0.29, 0.717) is 10.7 Å². The Hall–Kier alpha value is -2.59. The SMILES string of the molecule is C[C@@H](NC(=O)c1cc(-c2ccccc2)n[nH]1)c1ccc(Cl)cc1. The molecule has 0 unspecified atom stereocenters. The lowest BCUT2D eigenvalue weighted by molar-refractivity contribution is 0.0935. The largest absolute Gasteiger partial charge is 0.344 e. The maximum absolute atomic E-state index is 12.3. The fraction of sp³-hybridized carbons (Fsp3) is 0.111. The van der Waals surface area contributed by atoms with Crippen molar-refractivity contribution in [2.24, 2.45) is 0 Å². The van der Waals surface area contributed by atoms with E-state index in [1.54, 1.807) is 6.07 Å². The summed E-state index contributed by atoms with van der Waals surface area (Å²) in [4.78, 5) is 12.3. The minimum atomic E-state index is -0.192. The Bertz CT molecular complexity index is 797. The molecule has 4 nitrogen and oxygen atoms in total. The third kappa shape index (κ3) is 3.60. The van der Waals surface area contributed by atoms with Crippen LogP contribution in [-0.2, 0) is 0 Å². The van der Waals surface area contributed by atoms with Crippen LogP contribution in [0, 0.1) is 0 Å². The quantitative estimate of drug-likeness (QED) is 0.754. The zero-order valence-electron chi connectivity index (χ0n) is 12.6. The molecule has 0 spiro atoms. The number of carbonyl (C=O) groups is 1. The molecule has 0 bridgehead atoms. The minimum Gasteiger partial charge on any atom is -0.344 e. The number of benzene rings is 2. The molecule has 2 N–H and O–H groups in total. The van der Waals surface area contributed by atoms with E-state index >= 15 is 0 Å². The van der Waals surface area contributed by atoms with Crippen molar-refractivity contribution in [2.45, 2.75) is 13.0 Å².